The minimum absolute atomic E-state index is 0.134. The number of carbonyl (C=O) groups is 2. The molecule has 0 fully saturated rings. The van der Waals surface area contributed by atoms with Gasteiger partial charge in [0.1, 0.15) is 17.4 Å². The van der Waals surface area contributed by atoms with Crippen LogP contribution >= 0.6 is 0 Å². The van der Waals surface area contributed by atoms with Crippen LogP contribution in [0, 0.1) is 12.7 Å². The highest BCUT2D eigenvalue weighted by atomic mass is 19.1. The predicted octanol–water partition coefficient (Wildman–Crippen LogP) is 4.62. The molecule has 1 aromatic heterocycles. The summed E-state index contributed by atoms with van der Waals surface area (Å²) < 4.78 is 20.4. The molecule has 8 heteroatoms. The van der Waals surface area contributed by atoms with Crippen LogP contribution in [0.2, 0.25) is 0 Å². The number of H-pyrrole nitrogens is 1. The Balaban J connectivity index is 1.41. The van der Waals surface area contributed by atoms with E-state index in [0.29, 0.717) is 46.1 Å². The largest absolute Gasteiger partial charge is 0.497 e. The van der Waals surface area contributed by atoms with E-state index in [1.807, 2.05) is 19.1 Å². The Hall–Kier alpha value is -4.46. The van der Waals surface area contributed by atoms with Gasteiger partial charge in [0.25, 0.3) is 5.91 Å². The van der Waals surface area contributed by atoms with Crippen LogP contribution in [0.3, 0.4) is 0 Å². The number of hydrogen-bond donors (Lipinski definition) is 3. The summed E-state index contributed by atoms with van der Waals surface area (Å²) >= 11 is 0. The molecule has 3 N–H and O–H groups in total. The summed E-state index contributed by atoms with van der Waals surface area (Å²) in [5.74, 6) is 0.288. The number of carbonyl (C=O) groups excluding carboxylic acids is 2. The lowest BCUT2D eigenvalue weighted by molar-refractivity contribution is -0.115. The van der Waals surface area contributed by atoms with Crippen LogP contribution in [0.5, 0.6) is 5.75 Å². The Morgan fingerprint density at radius 1 is 1.11 bits per heavy atom. The molecule has 0 saturated carbocycles. The fourth-order valence-electron chi connectivity index (χ4n) is 4.33. The highest BCUT2D eigenvalue weighted by molar-refractivity contribution is 6.06. The Morgan fingerprint density at radius 3 is 2.66 bits per heavy atom. The van der Waals surface area contributed by atoms with Gasteiger partial charge in [-0.25, -0.2) is 9.37 Å². The smallest absolute Gasteiger partial charge is 0.252 e. The zero-order valence-corrected chi connectivity index (χ0v) is 19.2. The molecule has 0 spiro atoms. The Morgan fingerprint density at radius 2 is 1.91 bits per heavy atom. The van der Waals surface area contributed by atoms with E-state index >= 15 is 4.39 Å². The molecule has 1 aliphatic heterocycles. The minimum atomic E-state index is -0.493. The standard InChI is InChI=1S/C27H23FN4O3/c1-15-13-29-26(31-15)21-9-8-19(22-14-30-27(34)25(21)22)20-7-6-17(12-23(20)28)32-24(33)11-16-4-3-5-18(10-16)35-2/h3-10,12-13H,11,14H2,1-2H3,(H,29,31)(H,30,34)(H,32,33). The number of amides is 2. The van der Waals surface area contributed by atoms with Crippen LogP contribution in [0.15, 0.2) is 60.8 Å². The predicted molar refractivity (Wildman–Crippen MR) is 131 cm³/mol. The number of benzene rings is 3. The third kappa shape index (κ3) is 4.38. The maximum Gasteiger partial charge on any atom is 0.252 e. The van der Waals surface area contributed by atoms with Crippen LogP contribution in [-0.4, -0.2) is 28.9 Å². The fourth-order valence-corrected chi connectivity index (χ4v) is 4.33. The van der Waals surface area contributed by atoms with Crippen LogP contribution in [0.1, 0.15) is 27.2 Å². The molecule has 3 aromatic carbocycles. The highest BCUT2D eigenvalue weighted by Gasteiger charge is 2.28. The lowest BCUT2D eigenvalue weighted by Gasteiger charge is -2.13. The second-order valence-corrected chi connectivity index (χ2v) is 8.38. The van der Waals surface area contributed by atoms with E-state index in [1.165, 1.54) is 6.07 Å². The van der Waals surface area contributed by atoms with Gasteiger partial charge in [-0.05, 0) is 60.0 Å². The molecule has 7 nitrogen and oxygen atoms in total. The van der Waals surface area contributed by atoms with E-state index < -0.39 is 5.82 Å². The van der Waals surface area contributed by atoms with Crippen LogP contribution in [0.4, 0.5) is 10.1 Å². The molecule has 0 atom stereocenters. The Labute approximate surface area is 201 Å². The van der Waals surface area contributed by atoms with Crippen molar-refractivity contribution in [1.82, 2.24) is 15.3 Å². The summed E-state index contributed by atoms with van der Waals surface area (Å²) in [5, 5.41) is 5.57. The number of hydrogen-bond acceptors (Lipinski definition) is 4. The number of aromatic amines is 1. The van der Waals surface area contributed by atoms with Gasteiger partial charge in [0.05, 0.1) is 19.1 Å². The van der Waals surface area contributed by atoms with E-state index in [0.717, 1.165) is 16.8 Å². The molecule has 0 bridgehead atoms. The zero-order valence-electron chi connectivity index (χ0n) is 19.2. The van der Waals surface area contributed by atoms with E-state index in [1.54, 1.807) is 49.7 Å². The number of aryl methyl sites for hydroxylation is 1. The van der Waals surface area contributed by atoms with Gasteiger partial charge in [0.2, 0.25) is 5.91 Å². The van der Waals surface area contributed by atoms with Gasteiger partial charge >= 0.3 is 0 Å². The molecule has 0 radical (unpaired) electrons. The van der Waals surface area contributed by atoms with Crippen LogP contribution in [-0.2, 0) is 17.8 Å². The van der Waals surface area contributed by atoms with Crippen molar-refractivity contribution in [3.63, 3.8) is 0 Å². The van der Waals surface area contributed by atoms with Gasteiger partial charge in [-0.3, -0.25) is 9.59 Å². The number of halogens is 1. The maximum atomic E-state index is 15.2. The number of fused-ring (bicyclic) bond motifs is 1. The number of nitrogens with zero attached hydrogens (tertiary/aromatic N) is 1. The summed E-state index contributed by atoms with van der Waals surface area (Å²) in [6.07, 6.45) is 1.83. The molecule has 2 amide bonds. The monoisotopic (exact) mass is 470 g/mol. The second kappa shape index (κ2) is 9.06. The zero-order chi connectivity index (χ0) is 24.5. The lowest BCUT2D eigenvalue weighted by Crippen LogP contribution is -2.14. The fraction of sp³-hybridized carbons (Fsp3) is 0.148. The molecule has 0 unspecified atom stereocenters. The molecule has 0 saturated heterocycles. The molecule has 5 rings (SSSR count). The first-order valence-electron chi connectivity index (χ1n) is 11.1. The average molecular weight is 471 g/mol. The normalized spacial score (nSPS) is 12.3. The van der Waals surface area contributed by atoms with Crippen molar-refractivity contribution in [2.45, 2.75) is 19.9 Å². The maximum absolute atomic E-state index is 15.2. The molecule has 35 heavy (non-hydrogen) atoms. The van der Waals surface area contributed by atoms with Gasteiger partial charge in [-0.2, -0.15) is 0 Å². The molecule has 4 aromatic rings. The molecule has 2 heterocycles. The number of imidazole rings is 1. The number of rotatable bonds is 6. The van der Waals surface area contributed by atoms with E-state index in [9.17, 15) is 9.59 Å². The summed E-state index contributed by atoms with van der Waals surface area (Å²) in [6.45, 7) is 2.19. The first-order valence-corrected chi connectivity index (χ1v) is 11.1. The van der Waals surface area contributed by atoms with Crippen molar-refractivity contribution in [3.05, 3.63) is 89.0 Å². The van der Waals surface area contributed by atoms with E-state index in [2.05, 4.69) is 20.6 Å². The molecule has 176 valence electrons. The quantitative estimate of drug-likeness (QED) is 0.383. The van der Waals surface area contributed by atoms with Crippen LogP contribution in [0.25, 0.3) is 22.5 Å². The van der Waals surface area contributed by atoms with Crippen molar-refractivity contribution in [2.75, 3.05) is 12.4 Å². The van der Waals surface area contributed by atoms with Gasteiger partial charge in [-0.1, -0.05) is 18.2 Å². The summed E-state index contributed by atoms with van der Waals surface area (Å²) in [7, 11) is 1.57. The third-order valence-electron chi connectivity index (χ3n) is 5.97. The molecular weight excluding hydrogens is 447 g/mol. The van der Waals surface area contributed by atoms with Gasteiger partial charge in [0, 0.05) is 35.2 Å². The van der Waals surface area contributed by atoms with Crippen molar-refractivity contribution >= 4 is 17.5 Å². The molecular formula is C27H23FN4O3. The van der Waals surface area contributed by atoms with Crippen molar-refractivity contribution in [3.8, 4) is 28.3 Å². The minimum Gasteiger partial charge on any atom is -0.497 e. The number of methoxy groups -OCH3 is 1. The number of aromatic nitrogens is 2. The first kappa shape index (κ1) is 22.3. The summed E-state index contributed by atoms with van der Waals surface area (Å²) in [5.41, 5.74) is 4.89. The summed E-state index contributed by atoms with van der Waals surface area (Å²) in [4.78, 5) is 32.6. The topological polar surface area (TPSA) is 96.1 Å². The van der Waals surface area contributed by atoms with Crippen molar-refractivity contribution in [1.29, 1.82) is 0 Å². The van der Waals surface area contributed by atoms with E-state index in [-0.39, 0.29) is 18.2 Å². The van der Waals surface area contributed by atoms with Crippen LogP contribution < -0.4 is 15.4 Å². The average Bonchev–Trinajstić information content (AvgIpc) is 3.45. The number of nitrogens with one attached hydrogen (secondary N) is 3. The number of ether oxygens (including phenoxy) is 1. The molecule has 1 aliphatic rings. The SMILES string of the molecule is COc1cccc(CC(=O)Nc2ccc(-c3ccc(-c4ncc(C)[nH]4)c4c3CNC4=O)c(F)c2)c1. The lowest BCUT2D eigenvalue weighted by atomic mass is 9.92. The number of anilines is 1. The first-order chi connectivity index (χ1) is 16.9. The highest BCUT2D eigenvalue weighted by Crippen LogP contribution is 2.36. The Bertz CT molecular complexity index is 1460. The van der Waals surface area contributed by atoms with Gasteiger partial charge < -0.3 is 20.4 Å². The Kier molecular flexibility index (Phi) is 5.78. The van der Waals surface area contributed by atoms with Gasteiger partial charge in [-0.15, -0.1) is 0 Å². The molecule has 0 aliphatic carbocycles. The summed E-state index contributed by atoms with van der Waals surface area (Å²) in [6, 6.07) is 15.4. The van der Waals surface area contributed by atoms with E-state index in [4.69, 9.17) is 4.74 Å². The van der Waals surface area contributed by atoms with Crippen molar-refractivity contribution in [2.24, 2.45) is 0 Å². The third-order valence-corrected chi connectivity index (χ3v) is 5.97. The van der Waals surface area contributed by atoms with Crippen molar-refractivity contribution < 1.29 is 18.7 Å². The van der Waals surface area contributed by atoms with Gasteiger partial charge in [0.15, 0.2) is 0 Å². The second-order valence-electron chi connectivity index (χ2n) is 8.38.